The minimum atomic E-state index is -2.36. The Morgan fingerprint density at radius 1 is 1.11 bits per heavy atom. The molecule has 0 bridgehead atoms. The first kappa shape index (κ1) is 13.6. The van der Waals surface area contributed by atoms with Gasteiger partial charge in [0.2, 0.25) is 0 Å². The van der Waals surface area contributed by atoms with E-state index in [1.165, 1.54) is 0 Å². The molecule has 0 unspecified atom stereocenters. The monoisotopic (exact) mass is 272 g/mol. The second-order valence-electron chi connectivity index (χ2n) is 4.66. The average molecular weight is 272 g/mol. The van der Waals surface area contributed by atoms with Crippen molar-refractivity contribution in [2.24, 2.45) is 5.73 Å². The standard InChI is InChI=1S/C13H18F2N2S/c14-13(15)18-12-7-5-11(6-8-12)17-10-3-1-9(16)2-4-10/h5-10,13,17H,1-4,16H2. The molecule has 0 spiro atoms. The number of halogens is 2. The number of hydrogen-bond acceptors (Lipinski definition) is 3. The molecular formula is C13H18F2N2S. The smallest absolute Gasteiger partial charge is 0.288 e. The summed E-state index contributed by atoms with van der Waals surface area (Å²) in [4.78, 5) is 0.598. The molecule has 0 aliphatic heterocycles. The molecule has 0 aromatic heterocycles. The van der Waals surface area contributed by atoms with E-state index < -0.39 is 5.76 Å². The molecule has 1 fully saturated rings. The van der Waals surface area contributed by atoms with Crippen LogP contribution in [-0.2, 0) is 0 Å². The zero-order valence-corrected chi connectivity index (χ0v) is 10.9. The molecule has 1 aliphatic carbocycles. The van der Waals surface area contributed by atoms with Crippen LogP contribution in [-0.4, -0.2) is 17.8 Å². The first-order valence-corrected chi connectivity index (χ1v) is 7.08. The summed E-state index contributed by atoms with van der Waals surface area (Å²) >= 11 is 0.576. The van der Waals surface area contributed by atoms with Gasteiger partial charge in [-0.2, -0.15) is 8.78 Å². The number of thioether (sulfide) groups is 1. The molecule has 0 atom stereocenters. The van der Waals surface area contributed by atoms with Crippen LogP contribution in [0.3, 0.4) is 0 Å². The first-order chi connectivity index (χ1) is 8.63. The van der Waals surface area contributed by atoms with Crippen molar-refractivity contribution < 1.29 is 8.78 Å². The molecule has 1 aromatic carbocycles. The largest absolute Gasteiger partial charge is 0.382 e. The van der Waals surface area contributed by atoms with Gasteiger partial charge in [0.15, 0.2) is 0 Å². The predicted molar refractivity (Wildman–Crippen MR) is 72.2 cm³/mol. The molecule has 0 amide bonds. The first-order valence-electron chi connectivity index (χ1n) is 6.20. The van der Waals surface area contributed by atoms with Crippen LogP contribution in [0.4, 0.5) is 14.5 Å². The summed E-state index contributed by atoms with van der Waals surface area (Å²) in [6.45, 7) is 0. The fourth-order valence-corrected chi connectivity index (χ4v) is 2.73. The lowest BCUT2D eigenvalue weighted by atomic mass is 9.92. The van der Waals surface area contributed by atoms with Crippen molar-refractivity contribution >= 4 is 17.4 Å². The fraction of sp³-hybridized carbons (Fsp3) is 0.538. The van der Waals surface area contributed by atoms with Crippen molar-refractivity contribution in [3.63, 3.8) is 0 Å². The third kappa shape index (κ3) is 4.14. The molecule has 3 N–H and O–H groups in total. The number of hydrogen-bond donors (Lipinski definition) is 2. The highest BCUT2D eigenvalue weighted by molar-refractivity contribution is 7.99. The lowest BCUT2D eigenvalue weighted by Crippen LogP contribution is -2.32. The molecule has 2 rings (SSSR count). The predicted octanol–water partition coefficient (Wildman–Crippen LogP) is 3.68. The molecule has 1 aromatic rings. The van der Waals surface area contributed by atoms with E-state index in [-0.39, 0.29) is 0 Å². The molecule has 2 nitrogen and oxygen atoms in total. The quantitative estimate of drug-likeness (QED) is 0.821. The summed E-state index contributed by atoms with van der Waals surface area (Å²) in [5, 5.41) is 3.43. The van der Waals surface area contributed by atoms with Gasteiger partial charge in [-0.1, -0.05) is 11.8 Å². The Labute approximate surface area is 110 Å². The molecule has 0 radical (unpaired) electrons. The zero-order chi connectivity index (χ0) is 13.0. The number of alkyl halides is 2. The van der Waals surface area contributed by atoms with Crippen molar-refractivity contribution in [3.05, 3.63) is 24.3 Å². The van der Waals surface area contributed by atoms with Gasteiger partial charge >= 0.3 is 0 Å². The molecule has 5 heteroatoms. The Balaban J connectivity index is 1.86. The van der Waals surface area contributed by atoms with Gasteiger partial charge in [-0.05, 0) is 49.9 Å². The number of benzene rings is 1. The van der Waals surface area contributed by atoms with Gasteiger partial charge in [-0.15, -0.1) is 0 Å². The maximum atomic E-state index is 12.2. The molecule has 0 saturated heterocycles. The second kappa shape index (κ2) is 6.38. The highest BCUT2D eigenvalue weighted by Crippen LogP contribution is 2.27. The van der Waals surface area contributed by atoms with Gasteiger partial charge in [-0.25, -0.2) is 0 Å². The normalized spacial score (nSPS) is 24.2. The van der Waals surface area contributed by atoms with Gasteiger partial charge < -0.3 is 11.1 Å². The van der Waals surface area contributed by atoms with Crippen molar-refractivity contribution in [2.45, 2.75) is 48.4 Å². The van der Waals surface area contributed by atoms with Crippen LogP contribution < -0.4 is 11.1 Å². The maximum Gasteiger partial charge on any atom is 0.288 e. The average Bonchev–Trinajstić information content (AvgIpc) is 2.34. The van der Waals surface area contributed by atoms with Crippen LogP contribution in [0, 0.1) is 0 Å². The minimum absolute atomic E-state index is 0.341. The van der Waals surface area contributed by atoms with Gasteiger partial charge in [0.05, 0.1) is 0 Å². The molecule has 0 heterocycles. The molecule has 18 heavy (non-hydrogen) atoms. The van der Waals surface area contributed by atoms with E-state index in [0.29, 0.717) is 28.7 Å². The van der Waals surface area contributed by atoms with Crippen LogP contribution >= 0.6 is 11.8 Å². The summed E-state index contributed by atoms with van der Waals surface area (Å²) in [7, 11) is 0. The van der Waals surface area contributed by atoms with Crippen LogP contribution in [0.15, 0.2) is 29.2 Å². The number of anilines is 1. The van der Waals surface area contributed by atoms with E-state index in [0.717, 1.165) is 31.4 Å². The molecule has 100 valence electrons. The van der Waals surface area contributed by atoms with Crippen LogP contribution in [0.25, 0.3) is 0 Å². The molecular weight excluding hydrogens is 254 g/mol. The van der Waals surface area contributed by atoms with E-state index in [9.17, 15) is 8.78 Å². The highest BCUT2D eigenvalue weighted by atomic mass is 32.2. The third-order valence-corrected chi connectivity index (χ3v) is 3.94. The van der Waals surface area contributed by atoms with Crippen molar-refractivity contribution in [2.75, 3.05) is 5.32 Å². The van der Waals surface area contributed by atoms with E-state index in [1.807, 2.05) is 12.1 Å². The minimum Gasteiger partial charge on any atom is -0.382 e. The Morgan fingerprint density at radius 3 is 2.28 bits per heavy atom. The Morgan fingerprint density at radius 2 is 1.72 bits per heavy atom. The van der Waals surface area contributed by atoms with Crippen LogP contribution in [0.1, 0.15) is 25.7 Å². The zero-order valence-electron chi connectivity index (χ0n) is 10.1. The van der Waals surface area contributed by atoms with Crippen molar-refractivity contribution in [1.29, 1.82) is 0 Å². The number of nitrogens with two attached hydrogens (primary N) is 1. The van der Waals surface area contributed by atoms with Gasteiger partial charge in [-0.3, -0.25) is 0 Å². The van der Waals surface area contributed by atoms with Gasteiger partial charge in [0.25, 0.3) is 5.76 Å². The van der Waals surface area contributed by atoms with E-state index >= 15 is 0 Å². The molecule has 1 saturated carbocycles. The summed E-state index contributed by atoms with van der Waals surface area (Å²) in [6.07, 6.45) is 4.26. The Hall–Kier alpha value is -0.810. The molecule has 1 aliphatic rings. The number of nitrogens with one attached hydrogen (secondary N) is 1. The fourth-order valence-electron chi connectivity index (χ4n) is 2.23. The van der Waals surface area contributed by atoms with Crippen molar-refractivity contribution in [1.82, 2.24) is 0 Å². The summed E-state index contributed by atoms with van der Waals surface area (Å²) < 4.78 is 24.3. The summed E-state index contributed by atoms with van der Waals surface area (Å²) in [5.41, 5.74) is 6.85. The van der Waals surface area contributed by atoms with E-state index in [2.05, 4.69) is 5.32 Å². The van der Waals surface area contributed by atoms with Crippen molar-refractivity contribution in [3.8, 4) is 0 Å². The lowest BCUT2D eigenvalue weighted by Gasteiger charge is -2.27. The third-order valence-electron chi connectivity index (χ3n) is 3.22. The maximum absolute atomic E-state index is 12.2. The van der Waals surface area contributed by atoms with Gasteiger partial charge in [0, 0.05) is 22.7 Å². The van der Waals surface area contributed by atoms with Crippen LogP contribution in [0.2, 0.25) is 0 Å². The second-order valence-corrected chi connectivity index (χ2v) is 5.72. The summed E-state index contributed by atoms with van der Waals surface area (Å²) in [6, 6.07) is 7.98. The van der Waals surface area contributed by atoms with E-state index in [4.69, 9.17) is 5.73 Å². The van der Waals surface area contributed by atoms with Gasteiger partial charge in [0.1, 0.15) is 0 Å². The number of rotatable bonds is 4. The Kier molecular flexibility index (Phi) is 4.83. The van der Waals surface area contributed by atoms with Crippen LogP contribution in [0.5, 0.6) is 0 Å². The Bertz CT molecular complexity index is 362. The SMILES string of the molecule is NC1CCC(Nc2ccc(SC(F)F)cc2)CC1. The highest BCUT2D eigenvalue weighted by Gasteiger charge is 2.18. The van der Waals surface area contributed by atoms with E-state index in [1.54, 1.807) is 12.1 Å². The topological polar surface area (TPSA) is 38.0 Å². The summed E-state index contributed by atoms with van der Waals surface area (Å²) in [5.74, 6) is -2.36. The lowest BCUT2D eigenvalue weighted by molar-refractivity contribution is 0.252.